The van der Waals surface area contributed by atoms with E-state index in [1.165, 1.54) is 30.0 Å². The van der Waals surface area contributed by atoms with Gasteiger partial charge in [0.25, 0.3) is 5.91 Å². The molecule has 8 heteroatoms. The molecule has 1 N–H and O–H groups in total. The Labute approximate surface area is 188 Å². The van der Waals surface area contributed by atoms with E-state index >= 15 is 0 Å². The maximum atomic E-state index is 13.8. The maximum Gasteiger partial charge on any atom is 0.256 e. The summed E-state index contributed by atoms with van der Waals surface area (Å²) in [5.74, 6) is -0.895. The SMILES string of the molecule is CSc1nc(-c2ccc(F)cc2)c(-c2ccnc(NC(=O)c3ccc(C)c(F)c3)c2)n1C. The number of rotatable bonds is 5. The average molecular weight is 451 g/mol. The Hall–Kier alpha value is -3.52. The molecule has 2 aromatic carbocycles. The second kappa shape index (κ2) is 8.92. The van der Waals surface area contributed by atoms with Crippen LogP contribution in [0.25, 0.3) is 22.5 Å². The lowest BCUT2D eigenvalue weighted by atomic mass is 10.1. The number of carbonyl (C=O) groups excluding carboxylic acids is 1. The van der Waals surface area contributed by atoms with Crippen LogP contribution in [-0.2, 0) is 7.05 Å². The minimum atomic E-state index is -0.456. The molecule has 4 rings (SSSR count). The molecule has 0 fully saturated rings. The van der Waals surface area contributed by atoms with Crippen LogP contribution in [0.1, 0.15) is 15.9 Å². The second-order valence-corrected chi connectivity index (χ2v) is 7.98. The number of aromatic nitrogens is 3. The summed E-state index contributed by atoms with van der Waals surface area (Å²) in [6, 6.07) is 14.0. The van der Waals surface area contributed by atoms with Crippen molar-refractivity contribution in [3.05, 3.63) is 83.6 Å². The predicted octanol–water partition coefficient (Wildman–Crippen LogP) is 5.71. The number of halogens is 2. The van der Waals surface area contributed by atoms with Gasteiger partial charge in [-0.25, -0.2) is 18.7 Å². The number of nitrogens with zero attached hydrogens (tertiary/aromatic N) is 3. The molecule has 2 heterocycles. The van der Waals surface area contributed by atoms with Crippen molar-refractivity contribution in [2.24, 2.45) is 7.05 Å². The largest absolute Gasteiger partial charge is 0.322 e. The molecule has 0 atom stereocenters. The number of aryl methyl sites for hydroxylation is 1. The summed E-state index contributed by atoms with van der Waals surface area (Å²) in [4.78, 5) is 21.5. The van der Waals surface area contributed by atoms with Crippen molar-refractivity contribution in [3.8, 4) is 22.5 Å². The zero-order chi connectivity index (χ0) is 22.8. The summed E-state index contributed by atoms with van der Waals surface area (Å²) in [6.07, 6.45) is 3.51. The summed E-state index contributed by atoms with van der Waals surface area (Å²) < 4.78 is 29.2. The van der Waals surface area contributed by atoms with Crippen molar-refractivity contribution < 1.29 is 13.6 Å². The van der Waals surface area contributed by atoms with Crippen LogP contribution in [0.5, 0.6) is 0 Å². The van der Waals surface area contributed by atoms with E-state index in [1.54, 1.807) is 43.5 Å². The van der Waals surface area contributed by atoms with Gasteiger partial charge in [0.2, 0.25) is 0 Å². The highest BCUT2D eigenvalue weighted by Crippen LogP contribution is 2.35. The number of carbonyl (C=O) groups is 1. The third-order valence-electron chi connectivity index (χ3n) is 5.06. The van der Waals surface area contributed by atoms with Crippen LogP contribution in [0.4, 0.5) is 14.6 Å². The van der Waals surface area contributed by atoms with E-state index in [9.17, 15) is 13.6 Å². The standard InChI is InChI=1S/C24H20F2N4OS/c1-14-4-5-17(12-19(14)26)23(31)28-20-13-16(10-11-27-20)22-21(29-24(32-3)30(22)2)15-6-8-18(25)9-7-15/h4-13H,1-3H3,(H,27,28,31). The third-order valence-corrected chi connectivity index (χ3v) is 5.79. The molecule has 32 heavy (non-hydrogen) atoms. The zero-order valence-electron chi connectivity index (χ0n) is 17.7. The van der Waals surface area contributed by atoms with Crippen LogP contribution >= 0.6 is 11.8 Å². The lowest BCUT2D eigenvalue weighted by Crippen LogP contribution is -2.13. The molecule has 0 radical (unpaired) electrons. The molecule has 2 aromatic heterocycles. The molecule has 0 aliphatic heterocycles. The number of anilines is 1. The number of thioether (sulfide) groups is 1. The van der Waals surface area contributed by atoms with Gasteiger partial charge in [0.05, 0.1) is 11.4 Å². The molecular weight excluding hydrogens is 430 g/mol. The molecule has 5 nitrogen and oxygen atoms in total. The number of imidazole rings is 1. The Kier molecular flexibility index (Phi) is 6.05. The number of hydrogen-bond donors (Lipinski definition) is 1. The van der Waals surface area contributed by atoms with Crippen LogP contribution < -0.4 is 5.32 Å². The zero-order valence-corrected chi connectivity index (χ0v) is 18.5. The summed E-state index contributed by atoms with van der Waals surface area (Å²) in [5.41, 5.74) is 3.73. The molecule has 162 valence electrons. The van der Waals surface area contributed by atoms with Crippen LogP contribution in [0.15, 0.2) is 66.0 Å². The first kappa shape index (κ1) is 21.7. The topological polar surface area (TPSA) is 59.8 Å². The third kappa shape index (κ3) is 4.27. The van der Waals surface area contributed by atoms with Gasteiger partial charge in [0.15, 0.2) is 5.16 Å². The van der Waals surface area contributed by atoms with Gasteiger partial charge in [-0.1, -0.05) is 17.8 Å². The minimum absolute atomic E-state index is 0.206. The van der Waals surface area contributed by atoms with Crippen molar-refractivity contribution in [2.75, 3.05) is 11.6 Å². The summed E-state index contributed by atoms with van der Waals surface area (Å²) in [7, 11) is 1.90. The van der Waals surface area contributed by atoms with E-state index in [0.717, 1.165) is 22.0 Å². The van der Waals surface area contributed by atoms with Crippen molar-refractivity contribution in [2.45, 2.75) is 12.1 Å². The van der Waals surface area contributed by atoms with Crippen LogP contribution in [0.3, 0.4) is 0 Å². The number of hydrogen-bond acceptors (Lipinski definition) is 4. The van der Waals surface area contributed by atoms with Crippen LogP contribution in [0, 0.1) is 18.6 Å². The van der Waals surface area contributed by atoms with Crippen molar-refractivity contribution in [3.63, 3.8) is 0 Å². The Morgan fingerprint density at radius 3 is 2.47 bits per heavy atom. The average Bonchev–Trinajstić information content (AvgIpc) is 3.12. The fourth-order valence-electron chi connectivity index (χ4n) is 3.37. The molecule has 0 bridgehead atoms. The van der Waals surface area contributed by atoms with Gasteiger partial charge in [-0.3, -0.25) is 4.79 Å². The molecule has 0 spiro atoms. The fraction of sp³-hybridized carbons (Fsp3) is 0.125. The van der Waals surface area contributed by atoms with E-state index in [2.05, 4.69) is 10.3 Å². The highest BCUT2D eigenvalue weighted by Gasteiger charge is 2.19. The Morgan fingerprint density at radius 2 is 1.78 bits per heavy atom. The molecule has 0 saturated heterocycles. The molecule has 0 saturated carbocycles. The van der Waals surface area contributed by atoms with Gasteiger partial charge in [-0.15, -0.1) is 0 Å². The number of pyridine rings is 1. The lowest BCUT2D eigenvalue weighted by Gasteiger charge is -2.10. The van der Waals surface area contributed by atoms with Gasteiger partial charge in [0, 0.05) is 29.9 Å². The van der Waals surface area contributed by atoms with Gasteiger partial charge in [-0.05, 0) is 67.3 Å². The summed E-state index contributed by atoms with van der Waals surface area (Å²) in [5, 5.41) is 3.51. The van der Waals surface area contributed by atoms with Gasteiger partial charge < -0.3 is 9.88 Å². The summed E-state index contributed by atoms with van der Waals surface area (Å²) in [6.45, 7) is 1.64. The van der Waals surface area contributed by atoms with E-state index in [-0.39, 0.29) is 11.4 Å². The second-order valence-electron chi connectivity index (χ2n) is 7.21. The smallest absolute Gasteiger partial charge is 0.256 e. The van der Waals surface area contributed by atoms with Crippen molar-refractivity contribution in [1.82, 2.24) is 14.5 Å². The first-order chi connectivity index (χ1) is 15.4. The number of benzene rings is 2. The molecule has 0 unspecified atom stereocenters. The summed E-state index contributed by atoms with van der Waals surface area (Å²) >= 11 is 1.49. The Balaban J connectivity index is 1.71. The molecular formula is C24H20F2N4OS. The van der Waals surface area contributed by atoms with Gasteiger partial charge in [-0.2, -0.15) is 0 Å². The van der Waals surface area contributed by atoms with E-state index in [1.807, 2.05) is 23.9 Å². The normalized spacial score (nSPS) is 10.9. The highest BCUT2D eigenvalue weighted by molar-refractivity contribution is 7.98. The molecule has 4 aromatic rings. The van der Waals surface area contributed by atoms with Crippen molar-refractivity contribution in [1.29, 1.82) is 0 Å². The molecule has 1 amide bonds. The van der Waals surface area contributed by atoms with Gasteiger partial charge >= 0.3 is 0 Å². The number of nitrogens with one attached hydrogen (secondary N) is 1. The Bertz CT molecular complexity index is 1300. The van der Waals surface area contributed by atoms with E-state index in [0.29, 0.717) is 17.1 Å². The van der Waals surface area contributed by atoms with E-state index in [4.69, 9.17) is 4.98 Å². The van der Waals surface area contributed by atoms with Crippen LogP contribution in [-0.4, -0.2) is 26.7 Å². The maximum absolute atomic E-state index is 13.8. The number of amides is 1. The van der Waals surface area contributed by atoms with Crippen molar-refractivity contribution >= 4 is 23.5 Å². The lowest BCUT2D eigenvalue weighted by molar-refractivity contribution is 0.102. The monoisotopic (exact) mass is 450 g/mol. The predicted molar refractivity (Wildman–Crippen MR) is 123 cm³/mol. The molecule has 0 aliphatic carbocycles. The van der Waals surface area contributed by atoms with E-state index < -0.39 is 11.7 Å². The first-order valence-corrected chi connectivity index (χ1v) is 11.0. The van der Waals surface area contributed by atoms with Crippen LogP contribution in [0.2, 0.25) is 0 Å². The Morgan fingerprint density at radius 1 is 1.03 bits per heavy atom. The molecule has 0 aliphatic rings. The first-order valence-electron chi connectivity index (χ1n) is 9.78. The van der Waals surface area contributed by atoms with Gasteiger partial charge in [0.1, 0.15) is 17.5 Å². The fourth-order valence-corrected chi connectivity index (χ4v) is 3.92. The highest BCUT2D eigenvalue weighted by atomic mass is 32.2. The minimum Gasteiger partial charge on any atom is -0.322 e. The quantitative estimate of drug-likeness (QED) is 0.396.